The van der Waals surface area contributed by atoms with Gasteiger partial charge in [-0.05, 0) is 17.9 Å². The molecule has 1 N–H and O–H groups in total. The average Bonchev–Trinajstić information content (AvgIpc) is 2.40. The quantitative estimate of drug-likeness (QED) is 0.929. The van der Waals surface area contributed by atoms with E-state index in [1.165, 1.54) is 0 Å². The lowest BCUT2D eigenvalue weighted by molar-refractivity contribution is -0.131. The van der Waals surface area contributed by atoms with Gasteiger partial charge in [0.15, 0.2) is 0 Å². The molecule has 0 bridgehead atoms. The van der Waals surface area contributed by atoms with Crippen molar-refractivity contribution in [3.63, 3.8) is 0 Å². The van der Waals surface area contributed by atoms with Crippen molar-refractivity contribution in [1.82, 2.24) is 10.2 Å². The molecule has 0 aromatic heterocycles. The normalized spacial score (nSPS) is 18.8. The zero-order chi connectivity index (χ0) is 13.0. The number of carbonyl (C=O) groups excluding carboxylic acids is 1. The van der Waals surface area contributed by atoms with E-state index in [2.05, 4.69) is 5.32 Å². The van der Waals surface area contributed by atoms with E-state index >= 15 is 0 Å². The Morgan fingerprint density at radius 3 is 2.95 bits per heavy atom. The van der Waals surface area contributed by atoms with E-state index in [0.29, 0.717) is 5.75 Å². The van der Waals surface area contributed by atoms with Crippen LogP contribution >= 0.6 is 35.8 Å². The Morgan fingerprint density at radius 1 is 1.53 bits per heavy atom. The fraction of sp³-hybridized carbons (Fsp3) is 0.462. The molecule has 1 saturated heterocycles. The van der Waals surface area contributed by atoms with Gasteiger partial charge >= 0.3 is 0 Å². The Bertz CT molecular complexity index is 431. The van der Waals surface area contributed by atoms with E-state index in [9.17, 15) is 4.79 Å². The van der Waals surface area contributed by atoms with Gasteiger partial charge in [0.05, 0.1) is 11.8 Å². The molecule has 1 aliphatic heterocycles. The lowest BCUT2D eigenvalue weighted by Gasteiger charge is -2.37. The summed E-state index contributed by atoms with van der Waals surface area (Å²) >= 11 is 7.79. The van der Waals surface area contributed by atoms with Crippen molar-refractivity contribution in [3.8, 4) is 0 Å². The largest absolute Gasteiger partial charge is 0.332 e. The molecule has 0 radical (unpaired) electrons. The molecule has 1 heterocycles. The standard InChI is InChI=1S/C13H17ClN2OS.ClH/c1-18-9-13(17)16-7-6-15-8-12(16)10-4-2-3-5-11(10)14;/h2-5,12,15H,6-9H2,1H3;1H. The second kappa shape index (κ2) is 8.00. The molecule has 1 aliphatic rings. The molecule has 106 valence electrons. The summed E-state index contributed by atoms with van der Waals surface area (Å²) in [5, 5.41) is 4.06. The van der Waals surface area contributed by atoms with Crippen molar-refractivity contribution in [2.75, 3.05) is 31.6 Å². The van der Waals surface area contributed by atoms with Crippen LogP contribution in [0.2, 0.25) is 5.02 Å². The second-order valence-electron chi connectivity index (χ2n) is 4.26. The van der Waals surface area contributed by atoms with Crippen molar-refractivity contribution in [3.05, 3.63) is 34.9 Å². The van der Waals surface area contributed by atoms with Gasteiger partial charge in [0.2, 0.25) is 5.91 Å². The van der Waals surface area contributed by atoms with Crippen LogP contribution in [-0.2, 0) is 4.79 Å². The van der Waals surface area contributed by atoms with Crippen LogP contribution in [0.4, 0.5) is 0 Å². The van der Waals surface area contributed by atoms with E-state index in [4.69, 9.17) is 11.6 Å². The molecule has 1 amide bonds. The first kappa shape index (κ1) is 16.6. The number of thioether (sulfide) groups is 1. The minimum absolute atomic E-state index is 0. The molecule has 19 heavy (non-hydrogen) atoms. The Kier molecular flexibility index (Phi) is 7.00. The highest BCUT2D eigenvalue weighted by Crippen LogP contribution is 2.28. The van der Waals surface area contributed by atoms with Crippen molar-refractivity contribution in [1.29, 1.82) is 0 Å². The monoisotopic (exact) mass is 320 g/mol. The zero-order valence-corrected chi connectivity index (χ0v) is 13.2. The maximum Gasteiger partial charge on any atom is 0.233 e. The van der Waals surface area contributed by atoms with Gasteiger partial charge in [0.25, 0.3) is 0 Å². The second-order valence-corrected chi connectivity index (χ2v) is 5.53. The minimum atomic E-state index is 0. The molecule has 1 aromatic carbocycles. The summed E-state index contributed by atoms with van der Waals surface area (Å²) < 4.78 is 0. The number of carbonyl (C=O) groups is 1. The number of halogens is 2. The van der Waals surface area contributed by atoms with Crippen LogP contribution in [0.5, 0.6) is 0 Å². The Labute approximate surface area is 129 Å². The molecule has 1 aromatic rings. The molecule has 0 aliphatic carbocycles. The van der Waals surface area contributed by atoms with Crippen LogP contribution in [-0.4, -0.2) is 42.4 Å². The zero-order valence-electron chi connectivity index (χ0n) is 10.8. The fourth-order valence-electron chi connectivity index (χ4n) is 2.23. The Morgan fingerprint density at radius 2 is 2.26 bits per heavy atom. The lowest BCUT2D eigenvalue weighted by Crippen LogP contribution is -2.49. The third-order valence-electron chi connectivity index (χ3n) is 3.10. The van der Waals surface area contributed by atoms with Gasteiger partial charge in [0.1, 0.15) is 0 Å². The number of hydrogen-bond acceptors (Lipinski definition) is 3. The third kappa shape index (κ3) is 4.02. The van der Waals surface area contributed by atoms with Gasteiger partial charge in [-0.25, -0.2) is 0 Å². The molecule has 0 saturated carbocycles. The maximum atomic E-state index is 12.1. The van der Waals surface area contributed by atoms with Gasteiger partial charge in [-0.15, -0.1) is 12.4 Å². The van der Waals surface area contributed by atoms with Crippen LogP contribution in [0, 0.1) is 0 Å². The first-order valence-electron chi connectivity index (χ1n) is 5.97. The Balaban J connectivity index is 0.00000180. The predicted octanol–water partition coefficient (Wildman–Crippen LogP) is 2.60. The van der Waals surface area contributed by atoms with Gasteiger partial charge in [-0.1, -0.05) is 29.8 Å². The molecule has 3 nitrogen and oxygen atoms in total. The molecule has 1 unspecified atom stereocenters. The molecule has 6 heteroatoms. The summed E-state index contributed by atoms with van der Waals surface area (Å²) in [7, 11) is 0. The van der Waals surface area contributed by atoms with Crippen LogP contribution in [0.3, 0.4) is 0 Å². The van der Waals surface area contributed by atoms with Crippen LogP contribution < -0.4 is 5.32 Å². The molecule has 1 atom stereocenters. The van der Waals surface area contributed by atoms with E-state index < -0.39 is 0 Å². The molecule has 1 fully saturated rings. The highest BCUT2D eigenvalue weighted by Gasteiger charge is 2.28. The van der Waals surface area contributed by atoms with Crippen LogP contribution in [0.1, 0.15) is 11.6 Å². The van der Waals surface area contributed by atoms with Gasteiger partial charge in [-0.3, -0.25) is 4.79 Å². The summed E-state index contributed by atoms with van der Waals surface area (Å²) in [6, 6.07) is 7.80. The fourth-order valence-corrected chi connectivity index (χ4v) is 2.91. The number of amides is 1. The highest BCUT2D eigenvalue weighted by atomic mass is 35.5. The minimum Gasteiger partial charge on any atom is -0.332 e. The van der Waals surface area contributed by atoms with E-state index in [-0.39, 0.29) is 24.4 Å². The number of nitrogens with zero attached hydrogens (tertiary/aromatic N) is 1. The van der Waals surface area contributed by atoms with Crippen molar-refractivity contribution in [2.24, 2.45) is 0 Å². The number of piperazine rings is 1. The van der Waals surface area contributed by atoms with Crippen molar-refractivity contribution >= 4 is 41.7 Å². The summed E-state index contributed by atoms with van der Waals surface area (Å²) in [5.74, 6) is 0.718. The summed E-state index contributed by atoms with van der Waals surface area (Å²) in [6.45, 7) is 2.36. The van der Waals surface area contributed by atoms with Gasteiger partial charge in [-0.2, -0.15) is 11.8 Å². The summed E-state index contributed by atoms with van der Waals surface area (Å²) in [5.41, 5.74) is 1.03. The van der Waals surface area contributed by atoms with Crippen molar-refractivity contribution < 1.29 is 4.79 Å². The van der Waals surface area contributed by atoms with Crippen LogP contribution in [0.25, 0.3) is 0 Å². The van der Waals surface area contributed by atoms with E-state index in [0.717, 1.165) is 30.2 Å². The summed E-state index contributed by atoms with van der Waals surface area (Å²) in [6.07, 6.45) is 1.95. The molecule has 2 rings (SSSR count). The smallest absolute Gasteiger partial charge is 0.233 e. The number of benzene rings is 1. The van der Waals surface area contributed by atoms with Crippen LogP contribution in [0.15, 0.2) is 24.3 Å². The number of rotatable bonds is 3. The summed E-state index contributed by atoms with van der Waals surface area (Å²) in [4.78, 5) is 14.1. The third-order valence-corrected chi connectivity index (χ3v) is 3.98. The first-order valence-corrected chi connectivity index (χ1v) is 7.74. The topological polar surface area (TPSA) is 32.3 Å². The average molecular weight is 321 g/mol. The van der Waals surface area contributed by atoms with E-state index in [1.807, 2.05) is 35.4 Å². The Hall–Kier alpha value is -0.420. The van der Waals surface area contributed by atoms with Crippen molar-refractivity contribution in [2.45, 2.75) is 6.04 Å². The molecular weight excluding hydrogens is 303 g/mol. The molecule has 0 spiro atoms. The SMILES string of the molecule is CSCC(=O)N1CCNCC1c1ccccc1Cl.Cl. The first-order chi connectivity index (χ1) is 8.74. The maximum absolute atomic E-state index is 12.1. The predicted molar refractivity (Wildman–Crippen MR) is 84.4 cm³/mol. The molecular formula is C13H18Cl2N2OS. The number of hydrogen-bond donors (Lipinski definition) is 1. The van der Waals surface area contributed by atoms with Gasteiger partial charge in [0, 0.05) is 24.7 Å². The lowest BCUT2D eigenvalue weighted by atomic mass is 10.0. The van der Waals surface area contributed by atoms with Gasteiger partial charge < -0.3 is 10.2 Å². The highest BCUT2D eigenvalue weighted by molar-refractivity contribution is 7.99. The van der Waals surface area contributed by atoms with E-state index in [1.54, 1.807) is 11.8 Å². The number of nitrogens with one attached hydrogen (secondary N) is 1.